The predicted molar refractivity (Wildman–Crippen MR) is 123 cm³/mol. The van der Waals surface area contributed by atoms with Gasteiger partial charge in [-0.3, -0.25) is 4.98 Å². The maximum atomic E-state index is 14.1. The standard InChI is InChI=1S/C23H26FN7O2/c1-2-3-16-4-5-17(12-21(16)32)28-19-7-6-18(25-13-19)14-27-30-23-26-15-20(24)22(29-23)31-8-10-33-11-9-31/h4-7,12-13,15,28,32H,2-3,8-11,14H2,1H3. The van der Waals surface area contributed by atoms with Crippen molar-refractivity contribution in [2.45, 2.75) is 26.3 Å². The molecule has 0 atom stereocenters. The first-order valence-corrected chi connectivity index (χ1v) is 10.9. The molecule has 1 aromatic carbocycles. The Hall–Kier alpha value is -3.66. The molecule has 0 amide bonds. The number of aromatic nitrogens is 3. The number of pyridine rings is 1. The molecule has 9 nitrogen and oxygen atoms in total. The van der Waals surface area contributed by atoms with E-state index in [9.17, 15) is 9.50 Å². The van der Waals surface area contributed by atoms with Crippen LogP contribution in [0, 0.1) is 5.82 Å². The van der Waals surface area contributed by atoms with Gasteiger partial charge in [0, 0.05) is 24.8 Å². The Morgan fingerprint density at radius 1 is 1.12 bits per heavy atom. The van der Waals surface area contributed by atoms with Crippen LogP contribution in [-0.4, -0.2) is 46.4 Å². The van der Waals surface area contributed by atoms with E-state index < -0.39 is 5.82 Å². The van der Waals surface area contributed by atoms with Crippen LogP contribution < -0.4 is 10.2 Å². The third kappa shape index (κ3) is 5.98. The van der Waals surface area contributed by atoms with E-state index in [1.165, 1.54) is 0 Å². The first kappa shape index (κ1) is 22.5. The molecule has 0 spiro atoms. The van der Waals surface area contributed by atoms with E-state index in [1.807, 2.05) is 29.2 Å². The number of phenols is 1. The Labute approximate surface area is 191 Å². The molecule has 1 saturated heterocycles. The molecular weight excluding hydrogens is 425 g/mol. The molecule has 0 bridgehead atoms. The van der Waals surface area contributed by atoms with Crippen LogP contribution >= 0.6 is 0 Å². The van der Waals surface area contributed by atoms with Crippen LogP contribution in [0.3, 0.4) is 0 Å². The fourth-order valence-corrected chi connectivity index (χ4v) is 3.45. The number of nitrogens with one attached hydrogen (secondary N) is 1. The SMILES string of the molecule is CCCc1ccc(Nc2ccc(CN=Nc3ncc(F)c(N4CCOCC4)n3)nc2)cc1O. The fraction of sp³-hybridized carbons (Fsp3) is 0.348. The van der Waals surface area contributed by atoms with E-state index in [-0.39, 0.29) is 24.1 Å². The van der Waals surface area contributed by atoms with Crippen molar-refractivity contribution in [1.82, 2.24) is 15.0 Å². The van der Waals surface area contributed by atoms with E-state index >= 15 is 0 Å². The number of anilines is 3. The molecule has 2 aromatic heterocycles. The van der Waals surface area contributed by atoms with E-state index in [0.717, 1.165) is 36.0 Å². The number of nitrogens with zero attached hydrogens (tertiary/aromatic N) is 6. The van der Waals surface area contributed by atoms with Gasteiger partial charge in [0.25, 0.3) is 5.95 Å². The van der Waals surface area contributed by atoms with Gasteiger partial charge in [0.05, 0.1) is 37.0 Å². The number of morpholine rings is 1. The summed E-state index contributed by atoms with van der Waals surface area (Å²) in [6.45, 7) is 4.51. The number of benzene rings is 1. The Bertz CT molecular complexity index is 1100. The van der Waals surface area contributed by atoms with Gasteiger partial charge < -0.3 is 20.1 Å². The lowest BCUT2D eigenvalue weighted by Gasteiger charge is -2.27. The Morgan fingerprint density at radius 2 is 1.94 bits per heavy atom. The van der Waals surface area contributed by atoms with Gasteiger partial charge in [-0.1, -0.05) is 19.4 Å². The number of hydrogen-bond acceptors (Lipinski definition) is 9. The fourth-order valence-electron chi connectivity index (χ4n) is 3.45. The average Bonchev–Trinajstić information content (AvgIpc) is 2.84. The first-order valence-electron chi connectivity index (χ1n) is 10.9. The minimum absolute atomic E-state index is 0.0995. The van der Waals surface area contributed by atoms with E-state index in [0.29, 0.717) is 32.0 Å². The van der Waals surface area contributed by atoms with Crippen LogP contribution in [-0.2, 0) is 17.7 Å². The smallest absolute Gasteiger partial charge is 0.270 e. The predicted octanol–water partition coefficient (Wildman–Crippen LogP) is 4.53. The van der Waals surface area contributed by atoms with Gasteiger partial charge in [0.1, 0.15) is 12.3 Å². The number of rotatable bonds is 8. The lowest BCUT2D eigenvalue weighted by Crippen LogP contribution is -2.37. The summed E-state index contributed by atoms with van der Waals surface area (Å²) in [6, 6.07) is 9.27. The van der Waals surface area contributed by atoms with Gasteiger partial charge in [0.2, 0.25) is 0 Å². The van der Waals surface area contributed by atoms with Gasteiger partial charge in [-0.2, -0.15) is 10.1 Å². The summed E-state index contributed by atoms with van der Waals surface area (Å²) in [5.41, 5.74) is 3.21. The highest BCUT2D eigenvalue weighted by atomic mass is 19.1. The third-order valence-corrected chi connectivity index (χ3v) is 5.13. The van der Waals surface area contributed by atoms with E-state index in [2.05, 4.69) is 37.4 Å². The molecule has 33 heavy (non-hydrogen) atoms. The molecule has 0 radical (unpaired) electrons. The first-order chi connectivity index (χ1) is 16.1. The molecule has 1 aliphatic heterocycles. The number of hydrogen-bond donors (Lipinski definition) is 2. The minimum atomic E-state index is -0.492. The van der Waals surface area contributed by atoms with Crippen molar-refractivity contribution in [3.05, 3.63) is 59.8 Å². The van der Waals surface area contributed by atoms with Crippen molar-refractivity contribution in [2.75, 3.05) is 36.5 Å². The van der Waals surface area contributed by atoms with Crippen molar-refractivity contribution < 1.29 is 14.2 Å². The molecule has 172 valence electrons. The second-order valence-corrected chi connectivity index (χ2v) is 7.60. The minimum Gasteiger partial charge on any atom is -0.508 e. The Kier molecular flexibility index (Phi) is 7.36. The van der Waals surface area contributed by atoms with Crippen LogP contribution in [0.4, 0.5) is 27.5 Å². The summed E-state index contributed by atoms with van der Waals surface area (Å²) >= 11 is 0. The number of phenolic OH excluding ortho intramolecular Hbond substituents is 1. The van der Waals surface area contributed by atoms with Crippen LogP contribution in [0.15, 0.2) is 53.0 Å². The highest BCUT2D eigenvalue weighted by Crippen LogP contribution is 2.25. The number of azo groups is 1. The van der Waals surface area contributed by atoms with Crippen LogP contribution in [0.25, 0.3) is 0 Å². The molecule has 1 fully saturated rings. The molecule has 4 rings (SSSR count). The van der Waals surface area contributed by atoms with Crippen LogP contribution in [0.1, 0.15) is 24.6 Å². The summed E-state index contributed by atoms with van der Waals surface area (Å²) in [5, 5.41) is 21.5. The zero-order chi connectivity index (χ0) is 23.0. The van der Waals surface area contributed by atoms with Gasteiger partial charge in [-0.25, -0.2) is 9.37 Å². The van der Waals surface area contributed by atoms with Crippen molar-refractivity contribution in [1.29, 1.82) is 0 Å². The molecule has 0 saturated carbocycles. The molecule has 0 unspecified atom stereocenters. The topological polar surface area (TPSA) is 108 Å². The van der Waals surface area contributed by atoms with Crippen LogP contribution in [0.2, 0.25) is 0 Å². The van der Waals surface area contributed by atoms with E-state index in [1.54, 1.807) is 12.3 Å². The van der Waals surface area contributed by atoms with Gasteiger partial charge in [-0.05, 0) is 30.2 Å². The largest absolute Gasteiger partial charge is 0.508 e. The quantitative estimate of drug-likeness (QED) is 0.484. The zero-order valence-corrected chi connectivity index (χ0v) is 18.4. The van der Waals surface area contributed by atoms with Gasteiger partial charge in [0.15, 0.2) is 11.6 Å². The zero-order valence-electron chi connectivity index (χ0n) is 18.4. The Balaban J connectivity index is 1.35. The monoisotopic (exact) mass is 451 g/mol. The van der Waals surface area contributed by atoms with Crippen molar-refractivity contribution in [2.24, 2.45) is 10.2 Å². The molecule has 2 N–H and O–H groups in total. The third-order valence-electron chi connectivity index (χ3n) is 5.13. The molecule has 1 aliphatic rings. The van der Waals surface area contributed by atoms with E-state index in [4.69, 9.17) is 4.74 Å². The highest BCUT2D eigenvalue weighted by molar-refractivity contribution is 5.61. The number of aromatic hydroxyl groups is 1. The normalized spacial score (nSPS) is 14.1. The molecule has 3 heterocycles. The molecule has 3 aromatic rings. The molecule has 0 aliphatic carbocycles. The summed E-state index contributed by atoms with van der Waals surface area (Å²) in [4.78, 5) is 14.3. The maximum Gasteiger partial charge on any atom is 0.270 e. The summed E-state index contributed by atoms with van der Waals surface area (Å²) in [5.74, 6) is 0.104. The number of halogens is 1. The lowest BCUT2D eigenvalue weighted by atomic mass is 10.1. The van der Waals surface area contributed by atoms with Crippen molar-refractivity contribution in [3.8, 4) is 5.75 Å². The molecule has 10 heteroatoms. The lowest BCUT2D eigenvalue weighted by molar-refractivity contribution is 0.122. The average molecular weight is 452 g/mol. The number of ether oxygens (including phenoxy) is 1. The molecular formula is C23H26FN7O2. The highest BCUT2D eigenvalue weighted by Gasteiger charge is 2.17. The van der Waals surface area contributed by atoms with Crippen LogP contribution in [0.5, 0.6) is 5.75 Å². The maximum absolute atomic E-state index is 14.1. The van der Waals surface area contributed by atoms with Gasteiger partial charge >= 0.3 is 0 Å². The summed E-state index contributed by atoms with van der Waals surface area (Å²) in [7, 11) is 0. The van der Waals surface area contributed by atoms with Crippen molar-refractivity contribution >= 4 is 23.1 Å². The van der Waals surface area contributed by atoms with Gasteiger partial charge in [-0.15, -0.1) is 5.11 Å². The second kappa shape index (κ2) is 10.8. The second-order valence-electron chi connectivity index (χ2n) is 7.60. The Morgan fingerprint density at radius 3 is 2.67 bits per heavy atom. The summed E-state index contributed by atoms with van der Waals surface area (Å²) in [6.07, 6.45) is 4.62. The summed E-state index contributed by atoms with van der Waals surface area (Å²) < 4.78 is 19.4. The van der Waals surface area contributed by atoms with Crippen molar-refractivity contribution in [3.63, 3.8) is 0 Å². The number of aryl methyl sites for hydroxylation is 1.